The monoisotopic (exact) mass is 283 g/mol. The molecule has 0 aromatic carbocycles. The van der Waals surface area contributed by atoms with Crippen LogP contribution in [0, 0.1) is 5.41 Å². The van der Waals surface area contributed by atoms with Crippen LogP contribution in [0.2, 0.25) is 0 Å². The van der Waals surface area contributed by atoms with Crippen molar-refractivity contribution in [3.8, 4) is 0 Å². The maximum Gasteiger partial charge on any atom is 0.225 e. The van der Waals surface area contributed by atoms with Gasteiger partial charge in [0.1, 0.15) is 0 Å². The Bertz CT molecular complexity index is 329. The molecule has 1 rings (SSSR count). The molecule has 0 spiro atoms. The molecule has 0 aliphatic carbocycles. The van der Waals surface area contributed by atoms with Crippen LogP contribution < -0.4 is 5.32 Å². The second kappa shape index (κ2) is 7.62. The number of hydrogen-bond acceptors (Lipinski definition) is 3. The minimum Gasteiger partial charge on any atom is -0.356 e. The first kappa shape index (κ1) is 17.0. The lowest BCUT2D eigenvalue weighted by molar-refractivity contribution is -0.133. The molecule has 0 radical (unpaired) electrons. The highest BCUT2D eigenvalue weighted by atomic mass is 16.2. The molecule has 116 valence electrons. The van der Waals surface area contributed by atoms with Crippen molar-refractivity contribution in [2.24, 2.45) is 5.41 Å². The Kier molecular flexibility index (Phi) is 6.46. The normalized spacial score (nSPS) is 17.1. The van der Waals surface area contributed by atoms with E-state index in [0.29, 0.717) is 19.4 Å². The zero-order valence-electron chi connectivity index (χ0n) is 13.4. The van der Waals surface area contributed by atoms with E-state index in [1.54, 1.807) is 0 Å². The zero-order valence-corrected chi connectivity index (χ0v) is 13.4. The molecule has 5 nitrogen and oxygen atoms in total. The third-order valence-electron chi connectivity index (χ3n) is 3.71. The molecule has 0 atom stereocenters. The van der Waals surface area contributed by atoms with Gasteiger partial charge in [-0.1, -0.05) is 27.7 Å². The predicted octanol–water partition coefficient (Wildman–Crippen LogP) is 1.09. The molecule has 1 aliphatic heterocycles. The van der Waals surface area contributed by atoms with Crippen LogP contribution in [0.25, 0.3) is 0 Å². The molecule has 5 heteroatoms. The van der Waals surface area contributed by atoms with Crippen molar-refractivity contribution < 1.29 is 9.59 Å². The summed E-state index contributed by atoms with van der Waals surface area (Å²) in [6, 6.07) is 0. The maximum atomic E-state index is 12.0. The lowest BCUT2D eigenvalue weighted by atomic mass is 9.96. The van der Waals surface area contributed by atoms with E-state index in [-0.39, 0.29) is 17.2 Å². The Morgan fingerprint density at radius 3 is 2.20 bits per heavy atom. The second-order valence-corrected chi connectivity index (χ2v) is 6.42. The van der Waals surface area contributed by atoms with Crippen molar-refractivity contribution in [2.45, 2.75) is 40.5 Å². The second-order valence-electron chi connectivity index (χ2n) is 6.42. The van der Waals surface area contributed by atoms with Crippen molar-refractivity contribution in [1.82, 2.24) is 15.1 Å². The number of hydrogen-bond donors (Lipinski definition) is 1. The first-order valence-electron chi connectivity index (χ1n) is 7.63. The molecule has 1 heterocycles. The zero-order chi connectivity index (χ0) is 15.2. The van der Waals surface area contributed by atoms with Crippen LogP contribution >= 0.6 is 0 Å². The van der Waals surface area contributed by atoms with Gasteiger partial charge < -0.3 is 15.1 Å². The first-order chi connectivity index (χ1) is 9.34. The SMILES string of the molecule is CCN1CCN(C(=O)CCCNC(=O)C(C)(C)C)CC1. The minimum absolute atomic E-state index is 0.0431. The number of likely N-dealkylation sites (N-methyl/N-ethyl adjacent to an activating group) is 1. The maximum absolute atomic E-state index is 12.0. The van der Waals surface area contributed by atoms with Gasteiger partial charge in [0.05, 0.1) is 0 Å². The summed E-state index contributed by atoms with van der Waals surface area (Å²) < 4.78 is 0. The smallest absolute Gasteiger partial charge is 0.225 e. The molecule has 0 aromatic heterocycles. The summed E-state index contributed by atoms with van der Waals surface area (Å²) in [7, 11) is 0. The first-order valence-corrected chi connectivity index (χ1v) is 7.63. The number of nitrogens with zero attached hydrogens (tertiary/aromatic N) is 2. The van der Waals surface area contributed by atoms with E-state index in [0.717, 1.165) is 32.7 Å². The molecule has 1 N–H and O–H groups in total. The van der Waals surface area contributed by atoms with Gasteiger partial charge in [-0.05, 0) is 13.0 Å². The summed E-state index contributed by atoms with van der Waals surface area (Å²) in [5.74, 6) is 0.257. The summed E-state index contributed by atoms with van der Waals surface area (Å²) in [4.78, 5) is 28.0. The molecule has 1 aliphatic rings. The standard InChI is InChI=1S/C15H29N3O2/c1-5-17-9-11-18(12-10-17)13(19)7-6-8-16-14(20)15(2,3)4/h5-12H2,1-4H3,(H,16,20). The van der Waals surface area contributed by atoms with Crippen LogP contribution in [0.3, 0.4) is 0 Å². The average Bonchev–Trinajstić information content (AvgIpc) is 2.42. The summed E-state index contributed by atoms with van der Waals surface area (Å²) in [6.07, 6.45) is 1.24. The lowest BCUT2D eigenvalue weighted by Gasteiger charge is -2.34. The van der Waals surface area contributed by atoms with Gasteiger partial charge in [0.25, 0.3) is 0 Å². The molecule has 0 saturated carbocycles. The van der Waals surface area contributed by atoms with Crippen LogP contribution in [0.4, 0.5) is 0 Å². The van der Waals surface area contributed by atoms with E-state index in [2.05, 4.69) is 17.1 Å². The Hall–Kier alpha value is -1.10. The summed E-state index contributed by atoms with van der Waals surface area (Å²) in [5, 5.41) is 2.88. The molecule has 20 heavy (non-hydrogen) atoms. The Balaban J connectivity index is 2.16. The Labute approximate surface area is 122 Å². The molecule has 1 saturated heterocycles. The molecule has 0 aromatic rings. The van der Waals surface area contributed by atoms with E-state index in [9.17, 15) is 9.59 Å². The Morgan fingerprint density at radius 2 is 1.70 bits per heavy atom. The quantitative estimate of drug-likeness (QED) is 0.769. The van der Waals surface area contributed by atoms with E-state index in [1.807, 2.05) is 25.7 Å². The highest BCUT2D eigenvalue weighted by molar-refractivity contribution is 5.81. The van der Waals surface area contributed by atoms with E-state index in [1.165, 1.54) is 0 Å². The van der Waals surface area contributed by atoms with Gasteiger partial charge in [-0.15, -0.1) is 0 Å². The Morgan fingerprint density at radius 1 is 1.10 bits per heavy atom. The van der Waals surface area contributed by atoms with Crippen LogP contribution in [-0.2, 0) is 9.59 Å². The van der Waals surface area contributed by atoms with E-state index in [4.69, 9.17) is 0 Å². The minimum atomic E-state index is -0.361. The fourth-order valence-electron chi connectivity index (χ4n) is 2.18. The van der Waals surface area contributed by atoms with Crippen molar-refractivity contribution in [1.29, 1.82) is 0 Å². The van der Waals surface area contributed by atoms with Crippen LogP contribution in [-0.4, -0.2) is 60.9 Å². The number of nitrogens with one attached hydrogen (secondary N) is 1. The number of carbonyl (C=O) groups is 2. The molecule has 0 unspecified atom stereocenters. The highest BCUT2D eigenvalue weighted by Crippen LogP contribution is 2.12. The van der Waals surface area contributed by atoms with Gasteiger partial charge in [-0.2, -0.15) is 0 Å². The molecule has 2 amide bonds. The van der Waals surface area contributed by atoms with Gasteiger partial charge in [-0.3, -0.25) is 9.59 Å². The predicted molar refractivity (Wildman–Crippen MR) is 80.4 cm³/mol. The fraction of sp³-hybridized carbons (Fsp3) is 0.867. The van der Waals surface area contributed by atoms with Gasteiger partial charge in [-0.25, -0.2) is 0 Å². The van der Waals surface area contributed by atoms with Gasteiger partial charge in [0.2, 0.25) is 11.8 Å². The third-order valence-corrected chi connectivity index (χ3v) is 3.71. The van der Waals surface area contributed by atoms with E-state index >= 15 is 0 Å². The highest BCUT2D eigenvalue weighted by Gasteiger charge is 2.21. The van der Waals surface area contributed by atoms with Gasteiger partial charge >= 0.3 is 0 Å². The van der Waals surface area contributed by atoms with E-state index < -0.39 is 0 Å². The number of carbonyl (C=O) groups excluding carboxylic acids is 2. The molecular weight excluding hydrogens is 254 g/mol. The number of amides is 2. The van der Waals surface area contributed by atoms with Crippen LogP contribution in [0.15, 0.2) is 0 Å². The van der Waals surface area contributed by atoms with Gasteiger partial charge in [0.15, 0.2) is 0 Å². The molecule has 0 bridgehead atoms. The number of piperazine rings is 1. The topological polar surface area (TPSA) is 52.6 Å². The van der Waals surface area contributed by atoms with Crippen LogP contribution in [0.1, 0.15) is 40.5 Å². The van der Waals surface area contributed by atoms with Gasteiger partial charge in [0, 0.05) is 44.6 Å². The van der Waals surface area contributed by atoms with Crippen molar-refractivity contribution >= 4 is 11.8 Å². The fourth-order valence-corrected chi connectivity index (χ4v) is 2.18. The lowest BCUT2D eigenvalue weighted by Crippen LogP contribution is -2.48. The van der Waals surface area contributed by atoms with Crippen molar-refractivity contribution in [3.05, 3.63) is 0 Å². The third kappa shape index (κ3) is 5.49. The molecule has 1 fully saturated rings. The average molecular weight is 283 g/mol. The van der Waals surface area contributed by atoms with Crippen molar-refractivity contribution in [2.75, 3.05) is 39.3 Å². The van der Waals surface area contributed by atoms with Crippen molar-refractivity contribution in [3.63, 3.8) is 0 Å². The summed E-state index contributed by atoms with van der Waals surface area (Å²) in [5.41, 5.74) is -0.361. The molecular formula is C15H29N3O2. The largest absolute Gasteiger partial charge is 0.356 e. The summed E-state index contributed by atoms with van der Waals surface area (Å²) >= 11 is 0. The van der Waals surface area contributed by atoms with Crippen LogP contribution in [0.5, 0.6) is 0 Å². The summed E-state index contributed by atoms with van der Waals surface area (Å²) in [6.45, 7) is 13.1. The number of rotatable bonds is 5.